The van der Waals surface area contributed by atoms with E-state index in [1.807, 2.05) is 30.5 Å². The quantitative estimate of drug-likeness (QED) is 0.873. The fourth-order valence-corrected chi connectivity index (χ4v) is 2.61. The van der Waals surface area contributed by atoms with Crippen LogP contribution >= 0.6 is 11.3 Å². The fraction of sp³-hybridized carbons (Fsp3) is 0.400. The smallest absolute Gasteiger partial charge is 0.131 e. The van der Waals surface area contributed by atoms with Gasteiger partial charge in [0, 0.05) is 17.0 Å². The Bertz CT molecular complexity index is 524. The summed E-state index contributed by atoms with van der Waals surface area (Å²) in [6, 6.07) is 8.46. The van der Waals surface area contributed by atoms with Gasteiger partial charge in [-0.15, -0.1) is 11.3 Å². The molecule has 1 unspecified atom stereocenters. The predicted molar refractivity (Wildman–Crippen MR) is 79.7 cm³/mol. The maximum absolute atomic E-state index is 5.91. The number of hydrogen-bond donors (Lipinski definition) is 1. The average molecular weight is 276 g/mol. The molecule has 1 atom stereocenters. The Balaban J connectivity index is 2.07. The fourth-order valence-electron chi connectivity index (χ4n) is 2.01. The van der Waals surface area contributed by atoms with E-state index >= 15 is 0 Å². The van der Waals surface area contributed by atoms with Gasteiger partial charge in [-0.25, -0.2) is 4.98 Å². The van der Waals surface area contributed by atoms with Gasteiger partial charge in [-0.3, -0.25) is 0 Å². The molecule has 0 aliphatic carbocycles. The highest BCUT2D eigenvalue weighted by Crippen LogP contribution is 2.25. The molecule has 0 fully saturated rings. The first-order valence-corrected chi connectivity index (χ1v) is 7.44. The number of para-hydroxylation sites is 1. The zero-order chi connectivity index (χ0) is 13.7. The van der Waals surface area contributed by atoms with E-state index in [4.69, 9.17) is 4.74 Å². The highest BCUT2D eigenvalue weighted by atomic mass is 32.1. The van der Waals surface area contributed by atoms with Crippen LogP contribution in [0.4, 0.5) is 0 Å². The van der Waals surface area contributed by atoms with Crippen LogP contribution in [0.5, 0.6) is 5.75 Å². The Labute approximate surface area is 118 Å². The minimum absolute atomic E-state index is 0.290. The third-order valence-electron chi connectivity index (χ3n) is 2.94. The van der Waals surface area contributed by atoms with Crippen LogP contribution < -0.4 is 10.1 Å². The van der Waals surface area contributed by atoms with Crippen LogP contribution in [-0.4, -0.2) is 11.5 Å². The first-order valence-electron chi connectivity index (χ1n) is 6.56. The largest absolute Gasteiger partial charge is 0.487 e. The second-order valence-electron chi connectivity index (χ2n) is 4.46. The topological polar surface area (TPSA) is 34.1 Å². The van der Waals surface area contributed by atoms with Crippen LogP contribution in [0.1, 0.15) is 36.2 Å². The highest BCUT2D eigenvalue weighted by molar-refractivity contribution is 7.09. The van der Waals surface area contributed by atoms with E-state index in [9.17, 15) is 0 Å². The van der Waals surface area contributed by atoms with Gasteiger partial charge in [-0.1, -0.05) is 25.1 Å². The van der Waals surface area contributed by atoms with Crippen molar-refractivity contribution in [1.82, 2.24) is 10.3 Å². The number of benzene rings is 1. The molecule has 0 aliphatic heterocycles. The van der Waals surface area contributed by atoms with Crippen LogP contribution in [0, 0.1) is 6.92 Å². The maximum atomic E-state index is 5.91. The van der Waals surface area contributed by atoms with Crippen molar-refractivity contribution in [2.45, 2.75) is 33.4 Å². The lowest BCUT2D eigenvalue weighted by Gasteiger charge is -2.17. The standard InChI is InChI=1S/C15H20N2OS/c1-4-16-11(2)14-7-5-6-8-15(14)18-9-13-10-19-12(3)17-13/h5-8,10-11,16H,4,9H2,1-3H3. The first kappa shape index (κ1) is 14.0. The van der Waals surface area contributed by atoms with E-state index < -0.39 is 0 Å². The zero-order valence-corrected chi connectivity index (χ0v) is 12.5. The van der Waals surface area contributed by atoms with Gasteiger partial charge in [-0.2, -0.15) is 0 Å². The Morgan fingerprint density at radius 3 is 2.84 bits per heavy atom. The van der Waals surface area contributed by atoms with E-state index in [1.54, 1.807) is 11.3 Å². The van der Waals surface area contributed by atoms with E-state index in [1.165, 1.54) is 5.56 Å². The van der Waals surface area contributed by atoms with Crippen molar-refractivity contribution in [3.05, 3.63) is 45.9 Å². The molecule has 102 valence electrons. The lowest BCUT2D eigenvalue weighted by atomic mass is 10.1. The molecule has 1 aromatic carbocycles. The number of nitrogens with zero attached hydrogens (tertiary/aromatic N) is 1. The Morgan fingerprint density at radius 2 is 2.16 bits per heavy atom. The first-order chi connectivity index (χ1) is 9.20. The number of hydrogen-bond acceptors (Lipinski definition) is 4. The Morgan fingerprint density at radius 1 is 1.37 bits per heavy atom. The zero-order valence-electron chi connectivity index (χ0n) is 11.6. The summed E-state index contributed by atoms with van der Waals surface area (Å²) in [5, 5.41) is 6.53. The SMILES string of the molecule is CCNC(C)c1ccccc1OCc1csc(C)n1. The summed E-state index contributed by atoms with van der Waals surface area (Å²) in [5.41, 5.74) is 2.18. The molecule has 19 heavy (non-hydrogen) atoms. The van der Waals surface area contributed by atoms with Gasteiger partial charge in [0.1, 0.15) is 12.4 Å². The number of thiazole rings is 1. The summed E-state index contributed by atoms with van der Waals surface area (Å²) >= 11 is 1.65. The molecular weight excluding hydrogens is 256 g/mol. The molecule has 1 heterocycles. The molecule has 3 nitrogen and oxygen atoms in total. The molecule has 0 amide bonds. The second-order valence-corrected chi connectivity index (χ2v) is 5.53. The van der Waals surface area contributed by atoms with Gasteiger partial charge in [-0.05, 0) is 26.5 Å². The molecule has 2 aromatic rings. The Kier molecular flexibility index (Phi) is 4.93. The summed E-state index contributed by atoms with van der Waals surface area (Å²) < 4.78 is 5.91. The lowest BCUT2D eigenvalue weighted by molar-refractivity contribution is 0.296. The van der Waals surface area contributed by atoms with Crippen LogP contribution in [0.3, 0.4) is 0 Å². The number of aryl methyl sites for hydroxylation is 1. The molecule has 1 N–H and O–H groups in total. The van der Waals surface area contributed by atoms with Crippen molar-refractivity contribution in [2.24, 2.45) is 0 Å². The molecule has 0 spiro atoms. The van der Waals surface area contributed by atoms with Crippen molar-refractivity contribution in [1.29, 1.82) is 0 Å². The van der Waals surface area contributed by atoms with Crippen molar-refractivity contribution in [3.63, 3.8) is 0 Å². The number of aromatic nitrogens is 1. The lowest BCUT2D eigenvalue weighted by Crippen LogP contribution is -2.18. The average Bonchev–Trinajstić information content (AvgIpc) is 2.83. The summed E-state index contributed by atoms with van der Waals surface area (Å²) in [5.74, 6) is 0.932. The second kappa shape index (κ2) is 6.68. The van der Waals surface area contributed by atoms with Crippen molar-refractivity contribution < 1.29 is 4.74 Å². The molecule has 0 saturated carbocycles. The van der Waals surface area contributed by atoms with Gasteiger partial charge >= 0.3 is 0 Å². The van der Waals surface area contributed by atoms with Gasteiger partial charge in [0.05, 0.1) is 10.7 Å². The minimum atomic E-state index is 0.290. The van der Waals surface area contributed by atoms with Crippen LogP contribution in [0.2, 0.25) is 0 Å². The number of rotatable bonds is 6. The van der Waals surface area contributed by atoms with E-state index in [2.05, 4.69) is 30.2 Å². The molecule has 2 rings (SSSR count). The molecule has 1 aromatic heterocycles. The summed E-state index contributed by atoms with van der Waals surface area (Å²) in [6.07, 6.45) is 0. The van der Waals surface area contributed by atoms with Gasteiger partial charge in [0.25, 0.3) is 0 Å². The van der Waals surface area contributed by atoms with E-state index in [0.717, 1.165) is 23.0 Å². The van der Waals surface area contributed by atoms with Gasteiger partial charge in [0.15, 0.2) is 0 Å². The summed E-state index contributed by atoms with van der Waals surface area (Å²) in [6.45, 7) is 7.74. The van der Waals surface area contributed by atoms with Gasteiger partial charge < -0.3 is 10.1 Å². The summed E-state index contributed by atoms with van der Waals surface area (Å²) in [7, 11) is 0. The minimum Gasteiger partial charge on any atom is -0.487 e. The third-order valence-corrected chi connectivity index (χ3v) is 3.76. The van der Waals surface area contributed by atoms with E-state index in [0.29, 0.717) is 12.6 Å². The van der Waals surface area contributed by atoms with Crippen LogP contribution in [0.25, 0.3) is 0 Å². The van der Waals surface area contributed by atoms with Crippen molar-refractivity contribution in [3.8, 4) is 5.75 Å². The predicted octanol–water partition coefficient (Wildman–Crippen LogP) is 3.70. The molecule has 4 heteroatoms. The molecule has 0 saturated heterocycles. The Hall–Kier alpha value is -1.39. The molecule has 0 radical (unpaired) electrons. The van der Waals surface area contributed by atoms with Crippen LogP contribution in [0.15, 0.2) is 29.6 Å². The van der Waals surface area contributed by atoms with Crippen molar-refractivity contribution in [2.75, 3.05) is 6.54 Å². The molecule has 0 bridgehead atoms. The van der Waals surface area contributed by atoms with Gasteiger partial charge in [0.2, 0.25) is 0 Å². The normalized spacial score (nSPS) is 12.4. The van der Waals surface area contributed by atoms with Crippen LogP contribution in [-0.2, 0) is 6.61 Å². The highest BCUT2D eigenvalue weighted by Gasteiger charge is 2.10. The number of ether oxygens (including phenoxy) is 1. The number of nitrogens with one attached hydrogen (secondary N) is 1. The van der Waals surface area contributed by atoms with E-state index in [-0.39, 0.29) is 0 Å². The third kappa shape index (κ3) is 3.78. The summed E-state index contributed by atoms with van der Waals surface area (Å²) in [4.78, 5) is 4.41. The maximum Gasteiger partial charge on any atom is 0.131 e. The van der Waals surface area contributed by atoms with Crippen molar-refractivity contribution >= 4 is 11.3 Å². The molecular formula is C15H20N2OS. The monoisotopic (exact) mass is 276 g/mol. The molecule has 0 aliphatic rings.